The van der Waals surface area contributed by atoms with Crippen molar-refractivity contribution in [3.05, 3.63) is 64.7 Å². The van der Waals surface area contributed by atoms with Gasteiger partial charge in [0.1, 0.15) is 5.82 Å². The number of pyridine rings is 1. The Kier molecular flexibility index (Phi) is 4.63. The van der Waals surface area contributed by atoms with Crippen molar-refractivity contribution in [1.82, 2.24) is 10.3 Å². The van der Waals surface area contributed by atoms with Gasteiger partial charge in [0.25, 0.3) is 0 Å². The van der Waals surface area contributed by atoms with Gasteiger partial charge >= 0.3 is 0 Å². The monoisotopic (exact) mass is 294 g/mol. The SMILES string of the molecule is Cc1ccc(C(NC(C)C)c2ccc(F)cn2)c(F)c1F. The molecule has 0 amide bonds. The van der Waals surface area contributed by atoms with E-state index < -0.39 is 23.5 Å². The Bertz CT molecular complexity index is 624. The molecule has 0 aliphatic rings. The largest absolute Gasteiger partial charge is 0.303 e. The number of nitrogens with one attached hydrogen (secondary N) is 1. The lowest BCUT2D eigenvalue weighted by atomic mass is 9.99. The number of halogens is 3. The summed E-state index contributed by atoms with van der Waals surface area (Å²) < 4.78 is 41.0. The first-order chi connectivity index (χ1) is 9.90. The third kappa shape index (κ3) is 3.42. The van der Waals surface area contributed by atoms with Gasteiger partial charge in [-0.05, 0) is 38.5 Å². The second-order valence-electron chi connectivity index (χ2n) is 5.26. The average molecular weight is 294 g/mol. The smallest absolute Gasteiger partial charge is 0.164 e. The maximum absolute atomic E-state index is 14.2. The lowest BCUT2D eigenvalue weighted by Crippen LogP contribution is -2.30. The molecule has 0 saturated carbocycles. The van der Waals surface area contributed by atoms with Crippen LogP contribution in [0.15, 0.2) is 30.5 Å². The molecule has 0 bridgehead atoms. The average Bonchev–Trinajstić information content (AvgIpc) is 2.44. The van der Waals surface area contributed by atoms with Crippen LogP contribution in [-0.2, 0) is 0 Å². The number of nitrogens with zero attached hydrogens (tertiary/aromatic N) is 1. The van der Waals surface area contributed by atoms with Crippen LogP contribution in [-0.4, -0.2) is 11.0 Å². The predicted octanol–water partition coefficient (Wildman–Crippen LogP) is 3.89. The fourth-order valence-corrected chi connectivity index (χ4v) is 2.11. The Morgan fingerprint density at radius 3 is 2.29 bits per heavy atom. The topological polar surface area (TPSA) is 24.9 Å². The zero-order chi connectivity index (χ0) is 15.6. The lowest BCUT2D eigenvalue weighted by molar-refractivity contribution is 0.458. The van der Waals surface area contributed by atoms with E-state index in [0.29, 0.717) is 5.69 Å². The summed E-state index contributed by atoms with van der Waals surface area (Å²) in [6.07, 6.45) is 1.06. The van der Waals surface area contributed by atoms with Gasteiger partial charge < -0.3 is 5.32 Å². The van der Waals surface area contributed by atoms with Crippen LogP contribution in [0.1, 0.15) is 36.7 Å². The number of benzene rings is 1. The molecular weight excluding hydrogens is 277 g/mol. The minimum atomic E-state index is -0.903. The van der Waals surface area contributed by atoms with E-state index in [2.05, 4.69) is 10.3 Å². The quantitative estimate of drug-likeness (QED) is 0.925. The molecule has 2 nitrogen and oxygen atoms in total. The predicted molar refractivity (Wildman–Crippen MR) is 75.4 cm³/mol. The van der Waals surface area contributed by atoms with E-state index in [1.807, 2.05) is 13.8 Å². The van der Waals surface area contributed by atoms with Crippen LogP contribution in [0.25, 0.3) is 0 Å². The third-order valence-electron chi connectivity index (χ3n) is 3.16. The van der Waals surface area contributed by atoms with Gasteiger partial charge in [0.05, 0.1) is 17.9 Å². The van der Waals surface area contributed by atoms with Crippen LogP contribution in [0.5, 0.6) is 0 Å². The van der Waals surface area contributed by atoms with Gasteiger partial charge in [-0.25, -0.2) is 13.2 Å². The first-order valence-electron chi connectivity index (χ1n) is 6.72. The van der Waals surface area contributed by atoms with Gasteiger partial charge in [0.2, 0.25) is 0 Å². The number of aryl methyl sites for hydroxylation is 1. The van der Waals surface area contributed by atoms with Gasteiger partial charge in [-0.3, -0.25) is 4.98 Å². The second-order valence-corrected chi connectivity index (χ2v) is 5.26. The van der Waals surface area contributed by atoms with Crippen LogP contribution in [0, 0.1) is 24.4 Å². The molecule has 1 heterocycles. The maximum atomic E-state index is 14.2. The highest BCUT2D eigenvalue weighted by Crippen LogP contribution is 2.26. The molecule has 0 fully saturated rings. The lowest BCUT2D eigenvalue weighted by Gasteiger charge is -2.22. The van der Waals surface area contributed by atoms with Crippen molar-refractivity contribution in [3.8, 4) is 0 Å². The number of rotatable bonds is 4. The summed E-state index contributed by atoms with van der Waals surface area (Å²) in [6.45, 7) is 5.28. The van der Waals surface area contributed by atoms with E-state index in [0.717, 1.165) is 6.20 Å². The van der Waals surface area contributed by atoms with Crippen molar-refractivity contribution < 1.29 is 13.2 Å². The molecule has 0 spiro atoms. The normalized spacial score (nSPS) is 12.7. The summed E-state index contributed by atoms with van der Waals surface area (Å²) in [5, 5.41) is 3.13. The standard InChI is InChI=1S/C16H17F3N2/c1-9(2)21-16(13-7-5-11(17)8-20-13)12-6-4-10(3)14(18)15(12)19/h4-9,16,21H,1-3H3. The summed E-state index contributed by atoms with van der Waals surface area (Å²) in [6, 6.07) is 5.14. The number of hydrogen-bond acceptors (Lipinski definition) is 2. The van der Waals surface area contributed by atoms with E-state index in [-0.39, 0.29) is 17.2 Å². The Labute approximate surface area is 122 Å². The van der Waals surface area contributed by atoms with E-state index in [1.54, 1.807) is 0 Å². The van der Waals surface area contributed by atoms with E-state index in [4.69, 9.17) is 0 Å². The molecule has 0 aliphatic heterocycles. The van der Waals surface area contributed by atoms with Gasteiger partial charge in [0.15, 0.2) is 11.6 Å². The van der Waals surface area contributed by atoms with Gasteiger partial charge in [-0.1, -0.05) is 12.1 Å². The summed E-state index contributed by atoms with van der Waals surface area (Å²) in [5.41, 5.74) is 0.838. The zero-order valence-electron chi connectivity index (χ0n) is 12.1. The fourth-order valence-electron chi connectivity index (χ4n) is 2.11. The van der Waals surface area contributed by atoms with Crippen LogP contribution >= 0.6 is 0 Å². The van der Waals surface area contributed by atoms with Gasteiger partial charge in [0, 0.05) is 11.6 Å². The molecule has 1 atom stereocenters. The molecule has 0 radical (unpaired) electrons. The Morgan fingerprint density at radius 1 is 1.00 bits per heavy atom. The summed E-state index contributed by atoms with van der Waals surface area (Å²) >= 11 is 0. The zero-order valence-corrected chi connectivity index (χ0v) is 12.1. The van der Waals surface area contributed by atoms with Crippen molar-refractivity contribution in [2.24, 2.45) is 0 Å². The fraction of sp³-hybridized carbons (Fsp3) is 0.312. The van der Waals surface area contributed by atoms with E-state index in [9.17, 15) is 13.2 Å². The van der Waals surface area contributed by atoms with Crippen LogP contribution in [0.3, 0.4) is 0 Å². The first kappa shape index (κ1) is 15.5. The highest BCUT2D eigenvalue weighted by Gasteiger charge is 2.22. The molecule has 5 heteroatoms. The molecule has 2 aromatic rings. The third-order valence-corrected chi connectivity index (χ3v) is 3.16. The molecule has 0 saturated heterocycles. The Hall–Kier alpha value is -1.88. The number of aromatic nitrogens is 1. The van der Waals surface area contributed by atoms with Crippen molar-refractivity contribution in [3.63, 3.8) is 0 Å². The van der Waals surface area contributed by atoms with Crippen molar-refractivity contribution >= 4 is 0 Å². The molecule has 1 N–H and O–H groups in total. The molecule has 1 aromatic heterocycles. The number of hydrogen-bond donors (Lipinski definition) is 1. The Morgan fingerprint density at radius 2 is 1.71 bits per heavy atom. The van der Waals surface area contributed by atoms with Crippen LogP contribution in [0.4, 0.5) is 13.2 Å². The minimum absolute atomic E-state index is 0.0191. The van der Waals surface area contributed by atoms with Crippen molar-refractivity contribution in [2.75, 3.05) is 0 Å². The molecule has 112 valence electrons. The highest BCUT2D eigenvalue weighted by atomic mass is 19.2. The summed E-state index contributed by atoms with van der Waals surface area (Å²) in [4.78, 5) is 3.97. The first-order valence-corrected chi connectivity index (χ1v) is 6.72. The van der Waals surface area contributed by atoms with Crippen LogP contribution in [0.2, 0.25) is 0 Å². The molecule has 1 aromatic carbocycles. The van der Waals surface area contributed by atoms with Crippen LogP contribution < -0.4 is 5.32 Å². The molecule has 21 heavy (non-hydrogen) atoms. The maximum Gasteiger partial charge on any atom is 0.164 e. The minimum Gasteiger partial charge on any atom is -0.303 e. The van der Waals surface area contributed by atoms with Gasteiger partial charge in [-0.15, -0.1) is 0 Å². The molecule has 0 aliphatic carbocycles. The Balaban J connectivity index is 2.50. The van der Waals surface area contributed by atoms with E-state index >= 15 is 0 Å². The van der Waals surface area contributed by atoms with Crippen molar-refractivity contribution in [1.29, 1.82) is 0 Å². The second kappa shape index (κ2) is 6.26. The van der Waals surface area contributed by atoms with E-state index in [1.165, 1.54) is 31.2 Å². The van der Waals surface area contributed by atoms with Gasteiger partial charge in [-0.2, -0.15) is 0 Å². The van der Waals surface area contributed by atoms with Crippen molar-refractivity contribution in [2.45, 2.75) is 32.9 Å². The summed E-state index contributed by atoms with van der Waals surface area (Å²) in [7, 11) is 0. The summed E-state index contributed by atoms with van der Waals surface area (Å²) in [5.74, 6) is -2.25. The molecular formula is C16H17F3N2. The molecule has 2 rings (SSSR count). The highest BCUT2D eigenvalue weighted by molar-refractivity contribution is 5.33. The molecule has 1 unspecified atom stereocenters.